The molecule has 0 unspecified atom stereocenters. The Labute approximate surface area is 152 Å². The first-order valence-electron chi connectivity index (χ1n) is 9.29. The molecule has 1 aromatic carbocycles. The van der Waals surface area contributed by atoms with Crippen LogP contribution in [0.25, 0.3) is 0 Å². The number of carbonyl (C=O) groups is 1. The second-order valence-corrected chi connectivity index (χ2v) is 7.81. The maximum absolute atomic E-state index is 11.5. The van der Waals surface area contributed by atoms with Crippen LogP contribution in [-0.2, 0) is 16.6 Å². The van der Waals surface area contributed by atoms with Crippen molar-refractivity contribution < 1.29 is 19.4 Å². The Kier molecular flexibility index (Phi) is 3.37. The predicted molar refractivity (Wildman–Crippen MR) is 96.4 cm³/mol. The molecule has 0 saturated carbocycles. The van der Waals surface area contributed by atoms with Crippen molar-refractivity contribution in [1.29, 1.82) is 0 Å². The largest absolute Gasteiger partial charge is 0.482 e. The molecule has 5 heteroatoms. The fourth-order valence-electron chi connectivity index (χ4n) is 5.75. The Morgan fingerprint density at radius 3 is 3.12 bits per heavy atom. The van der Waals surface area contributed by atoms with E-state index in [1.165, 1.54) is 12.5 Å². The third-order valence-corrected chi connectivity index (χ3v) is 6.59. The van der Waals surface area contributed by atoms with Gasteiger partial charge in [-0.25, -0.2) is 0 Å². The summed E-state index contributed by atoms with van der Waals surface area (Å²) < 4.78 is 11.7. The van der Waals surface area contributed by atoms with Gasteiger partial charge in [0.2, 0.25) is 0 Å². The molecule has 1 aromatic rings. The lowest BCUT2D eigenvalue weighted by Gasteiger charge is -2.57. The highest BCUT2D eigenvalue weighted by Crippen LogP contribution is 2.62. The molecule has 2 aliphatic heterocycles. The van der Waals surface area contributed by atoms with Crippen LogP contribution in [0.4, 0.5) is 0 Å². The molecule has 1 spiro atoms. The highest BCUT2D eigenvalue weighted by atomic mass is 16.6. The molecule has 0 aromatic heterocycles. The minimum absolute atomic E-state index is 0.240. The van der Waals surface area contributed by atoms with Gasteiger partial charge in [0.15, 0.2) is 11.5 Å². The molecule has 5 atom stereocenters. The van der Waals surface area contributed by atoms with E-state index in [0.29, 0.717) is 17.5 Å². The standard InChI is InChI=1S/C21H23NO4/c1-3-9-22-10-8-21-14-5-6-16(24)20(21)26-19-17(25-12(2)23)7-4-13(18(19)21)11-15(14)22/h3-7,14-16,20,24H,1,8-11H2,2H3/t14-,15+,16-,20-,21-/m0/s1. The maximum Gasteiger partial charge on any atom is 0.308 e. The van der Waals surface area contributed by atoms with Crippen molar-refractivity contribution in [3.63, 3.8) is 0 Å². The number of aliphatic hydroxyl groups excluding tert-OH is 1. The maximum atomic E-state index is 11.5. The molecule has 5 nitrogen and oxygen atoms in total. The van der Waals surface area contributed by atoms with Gasteiger partial charge in [-0.15, -0.1) is 6.58 Å². The van der Waals surface area contributed by atoms with E-state index >= 15 is 0 Å². The minimum Gasteiger partial charge on any atom is -0.482 e. The lowest BCUT2D eigenvalue weighted by molar-refractivity contribution is -0.132. The minimum atomic E-state index is -0.651. The summed E-state index contributed by atoms with van der Waals surface area (Å²) in [5.41, 5.74) is 2.16. The molecule has 136 valence electrons. The zero-order valence-corrected chi connectivity index (χ0v) is 14.9. The first-order chi connectivity index (χ1) is 12.6. The average Bonchev–Trinajstić information content (AvgIpc) is 2.95. The van der Waals surface area contributed by atoms with Crippen LogP contribution in [0.2, 0.25) is 0 Å². The summed E-state index contributed by atoms with van der Waals surface area (Å²) in [4.78, 5) is 14.0. The summed E-state index contributed by atoms with van der Waals surface area (Å²) >= 11 is 0. The van der Waals surface area contributed by atoms with Crippen molar-refractivity contribution in [2.45, 2.75) is 43.4 Å². The molecule has 1 saturated heterocycles. The van der Waals surface area contributed by atoms with Crippen molar-refractivity contribution in [1.82, 2.24) is 4.90 Å². The smallest absolute Gasteiger partial charge is 0.308 e. The van der Waals surface area contributed by atoms with Gasteiger partial charge >= 0.3 is 5.97 Å². The number of likely N-dealkylation sites (tertiary alicyclic amines) is 1. The molecule has 4 aliphatic rings. The van der Waals surface area contributed by atoms with Crippen LogP contribution in [0.15, 0.2) is 36.9 Å². The second kappa shape index (κ2) is 5.44. The van der Waals surface area contributed by atoms with E-state index in [4.69, 9.17) is 9.47 Å². The van der Waals surface area contributed by atoms with Crippen molar-refractivity contribution in [3.8, 4) is 11.5 Å². The molecule has 2 heterocycles. The van der Waals surface area contributed by atoms with Gasteiger partial charge in [-0.1, -0.05) is 24.3 Å². The number of hydrogen-bond acceptors (Lipinski definition) is 5. The fraction of sp³-hybridized carbons (Fsp3) is 0.476. The van der Waals surface area contributed by atoms with Crippen LogP contribution in [0, 0.1) is 5.92 Å². The van der Waals surface area contributed by atoms with E-state index in [-0.39, 0.29) is 23.4 Å². The van der Waals surface area contributed by atoms with Crippen molar-refractivity contribution in [2.24, 2.45) is 5.92 Å². The number of rotatable bonds is 3. The summed E-state index contributed by atoms with van der Waals surface area (Å²) in [6.07, 6.45) is 6.89. The summed E-state index contributed by atoms with van der Waals surface area (Å²) in [7, 11) is 0. The van der Waals surface area contributed by atoms with Crippen LogP contribution < -0.4 is 9.47 Å². The molecule has 2 bridgehead atoms. The number of carbonyl (C=O) groups excluding carboxylic acids is 1. The molecule has 1 fully saturated rings. The van der Waals surface area contributed by atoms with Gasteiger partial charge in [0.25, 0.3) is 0 Å². The number of piperidine rings is 1. The van der Waals surface area contributed by atoms with Crippen LogP contribution >= 0.6 is 0 Å². The first-order valence-corrected chi connectivity index (χ1v) is 9.29. The van der Waals surface area contributed by atoms with Gasteiger partial charge in [0, 0.05) is 36.4 Å². The molecule has 0 radical (unpaired) electrons. The average molecular weight is 353 g/mol. The SMILES string of the molecule is C=CCN1CC[C@]23c4c5ccc(OC(C)=O)c4O[C@H]2[C@@H](O)C=C[C@H]3[C@H]1C5. The first kappa shape index (κ1) is 16.1. The molecular formula is C21H23NO4. The molecule has 26 heavy (non-hydrogen) atoms. The third-order valence-electron chi connectivity index (χ3n) is 6.59. The number of aliphatic hydroxyl groups is 1. The van der Waals surface area contributed by atoms with Gasteiger partial charge in [-0.2, -0.15) is 0 Å². The zero-order valence-electron chi connectivity index (χ0n) is 14.9. The van der Waals surface area contributed by atoms with E-state index in [2.05, 4.69) is 23.6 Å². The van der Waals surface area contributed by atoms with E-state index in [0.717, 1.165) is 31.5 Å². The predicted octanol–water partition coefficient (Wildman–Crippen LogP) is 1.97. The number of ether oxygens (including phenoxy) is 2. The number of esters is 1. The Bertz CT molecular complexity index is 832. The van der Waals surface area contributed by atoms with Crippen LogP contribution in [0.5, 0.6) is 11.5 Å². The fourth-order valence-corrected chi connectivity index (χ4v) is 5.75. The monoisotopic (exact) mass is 353 g/mol. The third kappa shape index (κ3) is 1.90. The van der Waals surface area contributed by atoms with Crippen molar-refractivity contribution in [3.05, 3.63) is 48.1 Å². The van der Waals surface area contributed by atoms with E-state index in [1.54, 1.807) is 0 Å². The lowest BCUT2D eigenvalue weighted by atomic mass is 9.53. The number of benzene rings is 1. The second-order valence-electron chi connectivity index (χ2n) is 7.81. The normalized spacial score (nSPS) is 36.2. The van der Waals surface area contributed by atoms with Gasteiger partial charge in [-0.05, 0) is 31.0 Å². The number of hydrogen-bond donors (Lipinski definition) is 1. The van der Waals surface area contributed by atoms with Crippen LogP contribution in [0.3, 0.4) is 0 Å². The summed E-state index contributed by atoms with van der Waals surface area (Å²) in [6, 6.07) is 4.27. The van der Waals surface area contributed by atoms with Crippen LogP contribution in [-0.4, -0.2) is 47.3 Å². The molecular weight excluding hydrogens is 330 g/mol. The van der Waals surface area contributed by atoms with Gasteiger partial charge < -0.3 is 14.6 Å². The topological polar surface area (TPSA) is 59.0 Å². The van der Waals surface area contributed by atoms with Crippen molar-refractivity contribution in [2.75, 3.05) is 13.1 Å². The lowest BCUT2D eigenvalue weighted by Crippen LogP contribution is -2.65. The van der Waals surface area contributed by atoms with E-state index in [1.807, 2.05) is 18.2 Å². The van der Waals surface area contributed by atoms with E-state index in [9.17, 15) is 9.90 Å². The summed E-state index contributed by atoms with van der Waals surface area (Å²) in [5.74, 6) is 1.05. The van der Waals surface area contributed by atoms with Crippen LogP contribution in [0.1, 0.15) is 24.5 Å². The van der Waals surface area contributed by atoms with Gasteiger partial charge in [0.1, 0.15) is 12.2 Å². The molecule has 2 aliphatic carbocycles. The quantitative estimate of drug-likeness (QED) is 0.512. The summed E-state index contributed by atoms with van der Waals surface area (Å²) in [6.45, 7) is 7.13. The van der Waals surface area contributed by atoms with Gasteiger partial charge in [0.05, 0.1) is 0 Å². The molecule has 5 rings (SSSR count). The van der Waals surface area contributed by atoms with Crippen molar-refractivity contribution >= 4 is 5.97 Å². The van der Waals surface area contributed by atoms with Gasteiger partial charge in [-0.3, -0.25) is 9.69 Å². The summed E-state index contributed by atoms with van der Waals surface area (Å²) in [5, 5.41) is 10.7. The Morgan fingerprint density at radius 2 is 2.35 bits per heavy atom. The molecule has 0 amide bonds. The molecule has 1 N–H and O–H groups in total. The Hall–Kier alpha value is -2.11. The highest BCUT2D eigenvalue weighted by Gasteiger charge is 2.64. The van der Waals surface area contributed by atoms with E-state index < -0.39 is 6.10 Å². The Morgan fingerprint density at radius 1 is 1.50 bits per heavy atom. The highest BCUT2D eigenvalue weighted by molar-refractivity contribution is 5.72. The Balaban J connectivity index is 1.71. The number of nitrogens with zero attached hydrogens (tertiary/aromatic N) is 1. The zero-order chi connectivity index (χ0) is 18.1.